The summed E-state index contributed by atoms with van der Waals surface area (Å²) in [6.07, 6.45) is 0.343. The van der Waals surface area contributed by atoms with Crippen LogP contribution in [0.2, 0.25) is 0 Å². The van der Waals surface area contributed by atoms with Gasteiger partial charge in [-0.3, -0.25) is 0 Å². The Bertz CT molecular complexity index is 163. The molecule has 104 valence electrons. The molecule has 0 N–H and O–H groups in total. The van der Waals surface area contributed by atoms with Gasteiger partial charge >= 0.3 is 0 Å². The molecule has 0 fully saturated rings. The summed E-state index contributed by atoms with van der Waals surface area (Å²) in [5, 5.41) is 0. The first-order chi connectivity index (χ1) is 8.10. The summed E-state index contributed by atoms with van der Waals surface area (Å²) in [6.45, 7) is 13.3. The third-order valence-electron chi connectivity index (χ3n) is 2.24. The molecule has 0 aromatic rings. The summed E-state index contributed by atoms with van der Waals surface area (Å²) in [6, 6.07) is 0. The van der Waals surface area contributed by atoms with Crippen molar-refractivity contribution in [3.8, 4) is 0 Å². The summed E-state index contributed by atoms with van der Waals surface area (Å²) in [4.78, 5) is 0. The van der Waals surface area contributed by atoms with Crippen LogP contribution in [-0.2, 0) is 18.9 Å². The number of rotatable bonds is 11. The predicted octanol–water partition coefficient (Wildman–Crippen LogP) is 2.26. The van der Waals surface area contributed by atoms with E-state index in [9.17, 15) is 0 Å². The van der Waals surface area contributed by atoms with E-state index >= 15 is 0 Å². The van der Waals surface area contributed by atoms with Gasteiger partial charge in [-0.25, -0.2) is 0 Å². The van der Waals surface area contributed by atoms with Gasteiger partial charge in [-0.2, -0.15) is 0 Å². The van der Waals surface area contributed by atoms with E-state index in [1.54, 1.807) is 0 Å². The fourth-order valence-electron chi connectivity index (χ4n) is 1.31. The van der Waals surface area contributed by atoms with Crippen molar-refractivity contribution in [3.63, 3.8) is 0 Å². The van der Waals surface area contributed by atoms with Gasteiger partial charge in [-0.15, -0.1) is 0 Å². The van der Waals surface area contributed by atoms with Gasteiger partial charge in [0.25, 0.3) is 0 Å². The molecule has 0 saturated heterocycles. The highest BCUT2D eigenvalue weighted by atomic mass is 16.6. The lowest BCUT2D eigenvalue weighted by Gasteiger charge is -2.19. The second kappa shape index (κ2) is 11.0. The van der Waals surface area contributed by atoms with Gasteiger partial charge in [0.15, 0.2) is 0 Å². The van der Waals surface area contributed by atoms with Crippen LogP contribution < -0.4 is 0 Å². The minimum absolute atomic E-state index is 0.0852. The molecule has 0 aliphatic rings. The van der Waals surface area contributed by atoms with Crippen LogP contribution in [0.5, 0.6) is 0 Å². The molecule has 0 saturated carbocycles. The third kappa shape index (κ3) is 10.7. The van der Waals surface area contributed by atoms with Crippen LogP contribution in [0.25, 0.3) is 0 Å². The van der Waals surface area contributed by atoms with Crippen molar-refractivity contribution in [2.24, 2.45) is 0 Å². The first-order valence-corrected chi connectivity index (χ1v) is 6.52. The zero-order chi connectivity index (χ0) is 13.1. The minimum atomic E-state index is 0.0852. The molecular formula is C13H28O4. The Balaban J connectivity index is 3.48. The van der Waals surface area contributed by atoms with E-state index in [0.29, 0.717) is 19.8 Å². The number of hydrogen-bond acceptors (Lipinski definition) is 4. The van der Waals surface area contributed by atoms with Crippen molar-refractivity contribution in [3.05, 3.63) is 0 Å². The molecule has 0 bridgehead atoms. The van der Waals surface area contributed by atoms with E-state index in [1.165, 1.54) is 0 Å². The second-order valence-corrected chi connectivity index (χ2v) is 4.21. The zero-order valence-corrected chi connectivity index (χ0v) is 11.9. The molecule has 3 atom stereocenters. The van der Waals surface area contributed by atoms with Crippen molar-refractivity contribution in [1.29, 1.82) is 0 Å². The van der Waals surface area contributed by atoms with Crippen molar-refractivity contribution in [2.75, 3.05) is 33.0 Å². The Labute approximate surface area is 106 Å². The molecule has 0 rings (SSSR count). The van der Waals surface area contributed by atoms with Crippen LogP contribution in [0.15, 0.2) is 0 Å². The average Bonchev–Trinajstić information content (AvgIpc) is 2.31. The van der Waals surface area contributed by atoms with Gasteiger partial charge in [0.05, 0.1) is 38.1 Å². The molecule has 0 spiro atoms. The maximum atomic E-state index is 5.62. The van der Waals surface area contributed by atoms with Gasteiger partial charge in [-0.05, 0) is 34.6 Å². The molecular weight excluding hydrogens is 220 g/mol. The standard InChI is InChI=1S/C13H28O4/c1-6-14-8-11(3)16-10-13(5)17-9-12(4)15-7-2/h11-13H,6-10H2,1-5H3. The topological polar surface area (TPSA) is 36.9 Å². The Morgan fingerprint density at radius 3 is 1.59 bits per heavy atom. The SMILES string of the molecule is CCOCC(C)OCC(C)OCC(C)OCC. The zero-order valence-electron chi connectivity index (χ0n) is 11.9. The smallest absolute Gasteiger partial charge is 0.0781 e. The second-order valence-electron chi connectivity index (χ2n) is 4.21. The molecule has 0 aromatic carbocycles. The van der Waals surface area contributed by atoms with Crippen molar-refractivity contribution in [1.82, 2.24) is 0 Å². The molecule has 4 nitrogen and oxygen atoms in total. The Morgan fingerprint density at radius 1 is 0.647 bits per heavy atom. The lowest BCUT2D eigenvalue weighted by atomic mass is 10.4. The van der Waals surface area contributed by atoms with Crippen LogP contribution >= 0.6 is 0 Å². The molecule has 0 heterocycles. The molecule has 3 unspecified atom stereocenters. The maximum Gasteiger partial charge on any atom is 0.0781 e. The average molecular weight is 248 g/mol. The molecule has 0 amide bonds. The van der Waals surface area contributed by atoms with Crippen LogP contribution in [0.4, 0.5) is 0 Å². The Kier molecular flexibility index (Phi) is 10.9. The quantitative estimate of drug-likeness (QED) is 0.562. The first kappa shape index (κ1) is 16.8. The minimum Gasteiger partial charge on any atom is -0.379 e. The maximum absolute atomic E-state index is 5.62. The molecule has 0 aliphatic heterocycles. The Hall–Kier alpha value is -0.160. The molecule has 0 aromatic heterocycles. The fraction of sp³-hybridized carbons (Fsp3) is 1.00. The van der Waals surface area contributed by atoms with Gasteiger partial charge < -0.3 is 18.9 Å². The predicted molar refractivity (Wildman–Crippen MR) is 68.4 cm³/mol. The summed E-state index contributed by atoms with van der Waals surface area (Å²) < 4.78 is 21.9. The van der Waals surface area contributed by atoms with Gasteiger partial charge in [0.2, 0.25) is 0 Å². The van der Waals surface area contributed by atoms with E-state index in [4.69, 9.17) is 18.9 Å². The monoisotopic (exact) mass is 248 g/mol. The highest BCUT2D eigenvalue weighted by Crippen LogP contribution is 2.00. The van der Waals surface area contributed by atoms with Gasteiger partial charge in [-0.1, -0.05) is 0 Å². The fourth-order valence-corrected chi connectivity index (χ4v) is 1.31. The highest BCUT2D eigenvalue weighted by molar-refractivity contribution is 4.54. The van der Waals surface area contributed by atoms with E-state index in [0.717, 1.165) is 13.2 Å². The summed E-state index contributed by atoms with van der Waals surface area (Å²) in [5.41, 5.74) is 0. The van der Waals surface area contributed by atoms with E-state index < -0.39 is 0 Å². The third-order valence-corrected chi connectivity index (χ3v) is 2.24. The molecule has 0 aliphatic carbocycles. The lowest BCUT2D eigenvalue weighted by Crippen LogP contribution is -2.26. The summed E-state index contributed by atoms with van der Waals surface area (Å²) >= 11 is 0. The molecule has 17 heavy (non-hydrogen) atoms. The van der Waals surface area contributed by atoms with Crippen LogP contribution in [0.1, 0.15) is 34.6 Å². The van der Waals surface area contributed by atoms with E-state index in [-0.39, 0.29) is 18.3 Å². The summed E-state index contributed by atoms with van der Waals surface area (Å²) in [7, 11) is 0. The van der Waals surface area contributed by atoms with Gasteiger partial charge in [0.1, 0.15) is 0 Å². The van der Waals surface area contributed by atoms with Crippen LogP contribution in [0.3, 0.4) is 0 Å². The number of ether oxygens (including phenoxy) is 4. The van der Waals surface area contributed by atoms with Crippen molar-refractivity contribution < 1.29 is 18.9 Å². The van der Waals surface area contributed by atoms with E-state index in [2.05, 4.69) is 0 Å². The largest absolute Gasteiger partial charge is 0.379 e. The van der Waals surface area contributed by atoms with Crippen LogP contribution in [-0.4, -0.2) is 51.3 Å². The van der Waals surface area contributed by atoms with Crippen molar-refractivity contribution in [2.45, 2.75) is 52.9 Å². The normalized spacial score (nSPS) is 16.8. The lowest BCUT2D eigenvalue weighted by molar-refractivity contribution is -0.0780. The Morgan fingerprint density at radius 2 is 1.12 bits per heavy atom. The highest BCUT2D eigenvalue weighted by Gasteiger charge is 2.09. The van der Waals surface area contributed by atoms with E-state index in [1.807, 2.05) is 34.6 Å². The molecule has 0 radical (unpaired) electrons. The van der Waals surface area contributed by atoms with Crippen molar-refractivity contribution >= 4 is 0 Å². The first-order valence-electron chi connectivity index (χ1n) is 6.52. The van der Waals surface area contributed by atoms with Crippen LogP contribution in [0, 0.1) is 0 Å². The summed E-state index contributed by atoms with van der Waals surface area (Å²) in [5.74, 6) is 0. The van der Waals surface area contributed by atoms with Gasteiger partial charge in [0, 0.05) is 13.2 Å². The molecule has 4 heteroatoms. The number of hydrogen-bond donors (Lipinski definition) is 0.